The summed E-state index contributed by atoms with van der Waals surface area (Å²) in [5.74, 6) is 0.757. The van der Waals surface area contributed by atoms with Gasteiger partial charge in [0.25, 0.3) is 5.91 Å². The van der Waals surface area contributed by atoms with Crippen LogP contribution in [0.15, 0.2) is 54.6 Å². The van der Waals surface area contributed by atoms with Crippen molar-refractivity contribution in [3.63, 3.8) is 0 Å². The number of hydrogen-bond acceptors (Lipinski definition) is 3. The quantitative estimate of drug-likeness (QED) is 0.638. The van der Waals surface area contributed by atoms with Crippen LogP contribution in [0.2, 0.25) is 0 Å². The van der Waals surface area contributed by atoms with Gasteiger partial charge in [-0.25, -0.2) is 0 Å². The lowest BCUT2D eigenvalue weighted by Crippen LogP contribution is -2.25. The molecule has 2 N–H and O–H groups in total. The topological polar surface area (TPSA) is 67.0 Å². The van der Waals surface area contributed by atoms with Crippen molar-refractivity contribution in [2.75, 3.05) is 13.7 Å². The number of H-pyrrole nitrogens is 1. The van der Waals surface area contributed by atoms with Gasteiger partial charge in [-0.05, 0) is 31.4 Å². The van der Waals surface area contributed by atoms with Crippen molar-refractivity contribution < 1.29 is 9.53 Å². The third kappa shape index (κ3) is 3.94. The van der Waals surface area contributed by atoms with Crippen molar-refractivity contribution in [2.45, 2.75) is 19.8 Å². The zero-order valence-corrected chi connectivity index (χ0v) is 15.1. The van der Waals surface area contributed by atoms with Crippen LogP contribution in [-0.4, -0.2) is 29.8 Å². The third-order valence-corrected chi connectivity index (χ3v) is 4.38. The zero-order valence-electron chi connectivity index (χ0n) is 15.1. The molecule has 26 heavy (non-hydrogen) atoms. The number of aromatic amines is 1. The summed E-state index contributed by atoms with van der Waals surface area (Å²) in [6.07, 6.45) is 1.69. The van der Waals surface area contributed by atoms with Crippen LogP contribution in [0, 0.1) is 6.92 Å². The van der Waals surface area contributed by atoms with Crippen molar-refractivity contribution in [1.29, 1.82) is 0 Å². The Bertz CT molecular complexity index is 872. The molecule has 0 spiro atoms. The van der Waals surface area contributed by atoms with E-state index in [1.807, 2.05) is 61.5 Å². The molecule has 134 valence electrons. The third-order valence-electron chi connectivity index (χ3n) is 4.38. The van der Waals surface area contributed by atoms with Crippen LogP contribution in [0.4, 0.5) is 0 Å². The number of methoxy groups -OCH3 is 1. The summed E-state index contributed by atoms with van der Waals surface area (Å²) in [7, 11) is 1.67. The molecule has 0 saturated carbocycles. The van der Waals surface area contributed by atoms with E-state index in [4.69, 9.17) is 4.74 Å². The summed E-state index contributed by atoms with van der Waals surface area (Å²) < 4.78 is 5.35. The molecule has 1 amide bonds. The number of benzene rings is 2. The minimum Gasteiger partial charge on any atom is -0.496 e. The van der Waals surface area contributed by atoms with Gasteiger partial charge in [-0.1, -0.05) is 48.5 Å². The highest BCUT2D eigenvalue weighted by atomic mass is 16.5. The Kier molecular flexibility index (Phi) is 5.69. The maximum atomic E-state index is 12.4. The van der Waals surface area contributed by atoms with Crippen LogP contribution in [-0.2, 0) is 6.42 Å². The molecule has 5 nitrogen and oxygen atoms in total. The fourth-order valence-corrected chi connectivity index (χ4v) is 2.97. The SMILES string of the molecule is COc1ccccc1CCCNC(=O)c1[nH]nc(-c2ccccc2)c1C. The predicted octanol–water partition coefficient (Wildman–Crippen LogP) is 3.76. The largest absolute Gasteiger partial charge is 0.496 e. The van der Waals surface area contributed by atoms with Crippen LogP contribution in [0.5, 0.6) is 5.75 Å². The number of nitrogens with one attached hydrogen (secondary N) is 2. The monoisotopic (exact) mass is 349 g/mol. The van der Waals surface area contributed by atoms with E-state index in [1.54, 1.807) is 7.11 Å². The fourth-order valence-electron chi connectivity index (χ4n) is 2.97. The maximum Gasteiger partial charge on any atom is 0.269 e. The van der Waals surface area contributed by atoms with Crippen LogP contribution < -0.4 is 10.1 Å². The Morgan fingerprint density at radius 2 is 1.85 bits per heavy atom. The van der Waals surface area contributed by atoms with Gasteiger partial charge in [0.2, 0.25) is 0 Å². The molecule has 2 aromatic carbocycles. The molecule has 0 atom stereocenters. The number of amides is 1. The van der Waals surface area contributed by atoms with Gasteiger partial charge >= 0.3 is 0 Å². The Morgan fingerprint density at radius 3 is 2.62 bits per heavy atom. The van der Waals surface area contributed by atoms with Crippen LogP contribution in [0.3, 0.4) is 0 Å². The molecule has 0 unspecified atom stereocenters. The summed E-state index contributed by atoms with van der Waals surface area (Å²) in [5, 5.41) is 10.1. The Labute approximate surface area is 153 Å². The van der Waals surface area contributed by atoms with Crippen LogP contribution in [0.25, 0.3) is 11.3 Å². The molecular formula is C21H23N3O2. The Hall–Kier alpha value is -3.08. The molecule has 1 heterocycles. The first-order valence-electron chi connectivity index (χ1n) is 8.71. The van der Waals surface area contributed by atoms with Crippen molar-refractivity contribution in [1.82, 2.24) is 15.5 Å². The lowest BCUT2D eigenvalue weighted by atomic mass is 10.1. The van der Waals surface area contributed by atoms with E-state index < -0.39 is 0 Å². The highest BCUT2D eigenvalue weighted by Crippen LogP contribution is 2.22. The summed E-state index contributed by atoms with van der Waals surface area (Å²) in [6, 6.07) is 17.8. The first kappa shape index (κ1) is 17.7. The minimum atomic E-state index is -0.128. The fraction of sp³-hybridized carbons (Fsp3) is 0.238. The molecule has 0 radical (unpaired) electrons. The number of carbonyl (C=O) groups excluding carboxylic acids is 1. The molecule has 0 aliphatic carbocycles. The Balaban J connectivity index is 1.57. The molecule has 0 fully saturated rings. The predicted molar refractivity (Wildman–Crippen MR) is 102 cm³/mol. The van der Waals surface area contributed by atoms with Crippen molar-refractivity contribution in [3.05, 3.63) is 71.4 Å². The van der Waals surface area contributed by atoms with Crippen molar-refractivity contribution in [2.24, 2.45) is 0 Å². The summed E-state index contributed by atoms with van der Waals surface area (Å²) in [6.45, 7) is 2.51. The second-order valence-corrected chi connectivity index (χ2v) is 6.11. The van der Waals surface area contributed by atoms with Gasteiger partial charge in [-0.15, -0.1) is 0 Å². The van der Waals surface area contributed by atoms with E-state index in [-0.39, 0.29) is 5.91 Å². The number of carbonyl (C=O) groups is 1. The first-order chi connectivity index (χ1) is 12.7. The van der Waals surface area contributed by atoms with E-state index in [1.165, 1.54) is 0 Å². The average Bonchev–Trinajstić information content (AvgIpc) is 3.07. The second-order valence-electron chi connectivity index (χ2n) is 6.11. The average molecular weight is 349 g/mol. The maximum absolute atomic E-state index is 12.4. The lowest BCUT2D eigenvalue weighted by molar-refractivity contribution is 0.0947. The Morgan fingerprint density at radius 1 is 1.12 bits per heavy atom. The number of hydrogen-bond donors (Lipinski definition) is 2. The summed E-state index contributed by atoms with van der Waals surface area (Å²) in [4.78, 5) is 12.4. The number of nitrogens with zero attached hydrogens (tertiary/aromatic N) is 1. The highest BCUT2D eigenvalue weighted by Gasteiger charge is 2.16. The van der Waals surface area contributed by atoms with E-state index in [0.717, 1.165) is 41.0 Å². The van der Waals surface area contributed by atoms with Gasteiger partial charge in [0.15, 0.2) is 0 Å². The summed E-state index contributed by atoms with van der Waals surface area (Å²) in [5.41, 5.74) is 4.33. The lowest BCUT2D eigenvalue weighted by Gasteiger charge is -2.08. The van der Waals surface area contributed by atoms with Crippen molar-refractivity contribution in [3.8, 4) is 17.0 Å². The first-order valence-corrected chi connectivity index (χ1v) is 8.71. The molecule has 0 bridgehead atoms. The minimum absolute atomic E-state index is 0.128. The molecule has 5 heteroatoms. The van der Waals surface area contributed by atoms with Gasteiger partial charge in [-0.3, -0.25) is 9.89 Å². The number of aromatic nitrogens is 2. The number of aryl methyl sites for hydroxylation is 1. The van der Waals surface area contributed by atoms with Gasteiger partial charge < -0.3 is 10.1 Å². The molecule has 0 aliphatic heterocycles. The summed E-state index contributed by atoms with van der Waals surface area (Å²) >= 11 is 0. The second kappa shape index (κ2) is 8.34. The van der Waals surface area contributed by atoms with E-state index in [9.17, 15) is 4.79 Å². The van der Waals surface area contributed by atoms with Crippen LogP contribution >= 0.6 is 0 Å². The van der Waals surface area contributed by atoms with E-state index in [2.05, 4.69) is 15.5 Å². The number of ether oxygens (including phenoxy) is 1. The highest BCUT2D eigenvalue weighted by molar-refractivity contribution is 5.95. The van der Waals surface area contributed by atoms with Gasteiger partial charge in [0.05, 0.1) is 12.8 Å². The molecule has 0 saturated heterocycles. The molecule has 0 aliphatic rings. The standard InChI is InChI=1S/C21H23N3O2/c1-15-19(17-10-4-3-5-11-17)23-24-20(15)21(25)22-14-8-12-16-9-6-7-13-18(16)26-2/h3-7,9-11,13H,8,12,14H2,1-2H3,(H,22,25)(H,23,24). The molecular weight excluding hydrogens is 326 g/mol. The van der Waals surface area contributed by atoms with Gasteiger partial charge in [0.1, 0.15) is 11.4 Å². The zero-order chi connectivity index (χ0) is 18.4. The molecule has 3 aromatic rings. The number of para-hydroxylation sites is 1. The van der Waals surface area contributed by atoms with Crippen molar-refractivity contribution >= 4 is 5.91 Å². The molecule has 1 aromatic heterocycles. The van der Waals surface area contributed by atoms with Gasteiger partial charge in [-0.2, -0.15) is 5.10 Å². The van der Waals surface area contributed by atoms with Gasteiger partial charge in [0, 0.05) is 17.7 Å². The molecule has 3 rings (SSSR count). The number of rotatable bonds is 7. The van der Waals surface area contributed by atoms with E-state index in [0.29, 0.717) is 12.2 Å². The van der Waals surface area contributed by atoms with E-state index >= 15 is 0 Å². The smallest absolute Gasteiger partial charge is 0.269 e. The normalized spacial score (nSPS) is 10.5. The van der Waals surface area contributed by atoms with Crippen LogP contribution in [0.1, 0.15) is 28.0 Å².